The lowest BCUT2D eigenvalue weighted by atomic mass is 10.2. The van der Waals surface area contributed by atoms with Crippen LogP contribution in [0.5, 0.6) is 0 Å². The van der Waals surface area contributed by atoms with E-state index >= 15 is 0 Å². The Morgan fingerprint density at radius 3 is 2.68 bits per heavy atom. The van der Waals surface area contributed by atoms with Crippen molar-refractivity contribution in [3.05, 3.63) is 0 Å². The van der Waals surface area contributed by atoms with Crippen molar-refractivity contribution in [3.8, 4) is 0 Å². The van der Waals surface area contributed by atoms with E-state index in [2.05, 4.69) is 32.5 Å². The van der Waals surface area contributed by atoms with Gasteiger partial charge in [-0.1, -0.05) is 12.8 Å². The molecule has 1 aliphatic heterocycles. The van der Waals surface area contributed by atoms with Crippen molar-refractivity contribution in [2.75, 3.05) is 60.5 Å². The number of methoxy groups -OCH3 is 1. The molecule has 6 nitrogen and oxygen atoms in total. The molecule has 1 unspecified atom stereocenters. The van der Waals surface area contributed by atoms with E-state index in [-0.39, 0.29) is 24.0 Å². The number of guanidine groups is 1. The maximum absolute atomic E-state index is 5.10. The second kappa shape index (κ2) is 13.1. The summed E-state index contributed by atoms with van der Waals surface area (Å²) in [6, 6.07) is 1.38. The highest BCUT2D eigenvalue weighted by atomic mass is 127. The first-order chi connectivity index (χ1) is 11.7. The summed E-state index contributed by atoms with van der Waals surface area (Å²) in [4.78, 5) is 9.37. The molecular formula is C18H38IN5O. The number of rotatable bonds is 9. The summed E-state index contributed by atoms with van der Waals surface area (Å²) in [5.41, 5.74) is 0. The fraction of sp³-hybridized carbons (Fsp3) is 0.944. The molecule has 1 saturated heterocycles. The molecule has 0 radical (unpaired) electrons. The number of hydrogen-bond donors (Lipinski definition) is 2. The zero-order valence-corrected chi connectivity index (χ0v) is 18.6. The molecule has 1 atom stereocenters. The third-order valence-electron chi connectivity index (χ3n) is 5.31. The summed E-state index contributed by atoms with van der Waals surface area (Å²) in [5, 5.41) is 7.06. The maximum atomic E-state index is 5.10. The van der Waals surface area contributed by atoms with E-state index in [1.165, 1.54) is 45.2 Å². The van der Waals surface area contributed by atoms with Gasteiger partial charge in [-0.3, -0.25) is 9.89 Å². The van der Waals surface area contributed by atoms with Crippen molar-refractivity contribution in [3.63, 3.8) is 0 Å². The van der Waals surface area contributed by atoms with Crippen LogP contribution in [0.25, 0.3) is 0 Å². The number of nitrogens with zero attached hydrogens (tertiary/aromatic N) is 3. The first-order valence-electron chi connectivity index (χ1n) is 9.61. The summed E-state index contributed by atoms with van der Waals surface area (Å²) in [5.74, 6) is 0.952. The zero-order valence-electron chi connectivity index (χ0n) is 16.3. The zero-order chi connectivity index (χ0) is 17.2. The molecule has 0 amide bonds. The average molecular weight is 467 g/mol. The van der Waals surface area contributed by atoms with Crippen molar-refractivity contribution in [2.24, 2.45) is 4.99 Å². The molecule has 2 fully saturated rings. The molecule has 2 N–H and O–H groups in total. The van der Waals surface area contributed by atoms with Gasteiger partial charge in [-0.15, -0.1) is 24.0 Å². The maximum Gasteiger partial charge on any atom is 0.191 e. The van der Waals surface area contributed by atoms with Gasteiger partial charge in [0.25, 0.3) is 0 Å². The van der Waals surface area contributed by atoms with Crippen molar-refractivity contribution in [1.82, 2.24) is 20.4 Å². The van der Waals surface area contributed by atoms with Gasteiger partial charge < -0.3 is 20.3 Å². The van der Waals surface area contributed by atoms with Crippen LogP contribution < -0.4 is 10.6 Å². The van der Waals surface area contributed by atoms with Gasteiger partial charge in [-0.05, 0) is 39.3 Å². The molecule has 1 aliphatic carbocycles. The molecule has 25 heavy (non-hydrogen) atoms. The molecular weight excluding hydrogens is 429 g/mol. The number of likely N-dealkylation sites (N-methyl/N-ethyl adjacent to an activating group) is 1. The van der Waals surface area contributed by atoms with E-state index in [4.69, 9.17) is 4.74 Å². The molecule has 2 aliphatic rings. The molecule has 7 heteroatoms. The number of likely N-dealkylation sites (tertiary alicyclic amines) is 1. The minimum Gasteiger partial charge on any atom is -0.383 e. The number of hydrogen-bond acceptors (Lipinski definition) is 4. The third-order valence-corrected chi connectivity index (χ3v) is 5.31. The Morgan fingerprint density at radius 2 is 2.00 bits per heavy atom. The molecule has 2 rings (SSSR count). The molecule has 148 valence electrons. The van der Waals surface area contributed by atoms with E-state index in [9.17, 15) is 0 Å². The Labute approximate surface area is 171 Å². The molecule has 1 heterocycles. The van der Waals surface area contributed by atoms with Gasteiger partial charge in [0, 0.05) is 52.4 Å². The highest BCUT2D eigenvalue weighted by Gasteiger charge is 2.30. The van der Waals surface area contributed by atoms with Gasteiger partial charge in [-0.25, -0.2) is 0 Å². The van der Waals surface area contributed by atoms with Crippen LogP contribution in [-0.4, -0.2) is 88.4 Å². The van der Waals surface area contributed by atoms with Gasteiger partial charge >= 0.3 is 0 Å². The second-order valence-corrected chi connectivity index (χ2v) is 7.21. The molecule has 0 spiro atoms. The highest BCUT2D eigenvalue weighted by Crippen LogP contribution is 2.26. The molecule has 0 aromatic heterocycles. The first kappa shape index (κ1) is 22.9. The van der Waals surface area contributed by atoms with Gasteiger partial charge in [0.2, 0.25) is 0 Å². The van der Waals surface area contributed by atoms with Crippen LogP contribution in [0.1, 0.15) is 38.5 Å². The van der Waals surface area contributed by atoms with Crippen LogP contribution in [0.3, 0.4) is 0 Å². The highest BCUT2D eigenvalue weighted by molar-refractivity contribution is 14.0. The number of aliphatic imine (C=N–C) groups is 1. The predicted molar refractivity (Wildman–Crippen MR) is 116 cm³/mol. The standard InChI is InChI=1S/C18H37N5O.HI/c1-19-18(20-10-6-11-22(2)13-14-24-3)21-16-9-12-23(15-16)17-7-4-5-8-17;/h16-17H,4-15H2,1-3H3,(H2,19,20,21);1H. The Hall–Kier alpha value is -0.120. The molecule has 1 saturated carbocycles. The Balaban J connectivity index is 0.00000312. The van der Waals surface area contributed by atoms with Gasteiger partial charge in [0.15, 0.2) is 5.96 Å². The van der Waals surface area contributed by atoms with Crippen LogP contribution in [0.4, 0.5) is 0 Å². The fourth-order valence-corrected chi connectivity index (χ4v) is 3.81. The smallest absolute Gasteiger partial charge is 0.191 e. The van der Waals surface area contributed by atoms with E-state index in [0.717, 1.165) is 44.7 Å². The fourth-order valence-electron chi connectivity index (χ4n) is 3.81. The summed E-state index contributed by atoms with van der Waals surface area (Å²) in [7, 11) is 5.76. The first-order valence-corrected chi connectivity index (χ1v) is 9.61. The second-order valence-electron chi connectivity index (χ2n) is 7.21. The summed E-state index contributed by atoms with van der Waals surface area (Å²) in [6.07, 6.45) is 7.98. The third kappa shape index (κ3) is 8.41. The molecule has 0 aromatic rings. The van der Waals surface area contributed by atoms with Gasteiger partial charge in [-0.2, -0.15) is 0 Å². The van der Waals surface area contributed by atoms with E-state index < -0.39 is 0 Å². The molecule has 0 aromatic carbocycles. The Morgan fingerprint density at radius 1 is 1.24 bits per heavy atom. The summed E-state index contributed by atoms with van der Waals surface area (Å²) >= 11 is 0. The van der Waals surface area contributed by atoms with Crippen molar-refractivity contribution in [1.29, 1.82) is 0 Å². The Bertz CT molecular complexity index is 376. The van der Waals surface area contributed by atoms with Crippen LogP contribution in [0.15, 0.2) is 4.99 Å². The van der Waals surface area contributed by atoms with E-state index in [1.807, 2.05) is 7.05 Å². The van der Waals surface area contributed by atoms with Crippen LogP contribution >= 0.6 is 24.0 Å². The van der Waals surface area contributed by atoms with Crippen LogP contribution in [0.2, 0.25) is 0 Å². The quantitative estimate of drug-likeness (QED) is 0.234. The lowest BCUT2D eigenvalue weighted by Crippen LogP contribution is -2.45. The average Bonchev–Trinajstić information content (AvgIpc) is 3.26. The van der Waals surface area contributed by atoms with Gasteiger partial charge in [0.1, 0.15) is 0 Å². The Kier molecular flexibility index (Phi) is 12.0. The number of halogens is 1. The largest absolute Gasteiger partial charge is 0.383 e. The van der Waals surface area contributed by atoms with E-state index in [0.29, 0.717) is 6.04 Å². The lowest BCUT2D eigenvalue weighted by molar-refractivity contribution is 0.161. The number of nitrogens with one attached hydrogen (secondary N) is 2. The van der Waals surface area contributed by atoms with Crippen LogP contribution in [0, 0.1) is 0 Å². The van der Waals surface area contributed by atoms with Crippen molar-refractivity contribution < 1.29 is 4.74 Å². The van der Waals surface area contributed by atoms with Crippen molar-refractivity contribution >= 4 is 29.9 Å². The minimum absolute atomic E-state index is 0. The van der Waals surface area contributed by atoms with Gasteiger partial charge in [0.05, 0.1) is 6.61 Å². The monoisotopic (exact) mass is 467 g/mol. The normalized spacial score (nSPS) is 22.4. The molecule has 0 bridgehead atoms. The number of ether oxygens (including phenoxy) is 1. The van der Waals surface area contributed by atoms with Crippen molar-refractivity contribution in [2.45, 2.75) is 50.6 Å². The minimum atomic E-state index is 0. The summed E-state index contributed by atoms with van der Waals surface area (Å²) in [6.45, 7) is 6.23. The SMILES string of the molecule is CN=C(NCCCN(C)CCOC)NC1CCN(C2CCCC2)C1.I. The lowest BCUT2D eigenvalue weighted by Gasteiger charge is -2.24. The topological polar surface area (TPSA) is 52.1 Å². The predicted octanol–water partition coefficient (Wildman–Crippen LogP) is 1.75. The van der Waals surface area contributed by atoms with E-state index in [1.54, 1.807) is 7.11 Å². The summed E-state index contributed by atoms with van der Waals surface area (Å²) < 4.78 is 5.10. The van der Waals surface area contributed by atoms with Crippen LogP contribution in [-0.2, 0) is 4.74 Å².